The Morgan fingerprint density at radius 2 is 2.21 bits per heavy atom. The molecule has 1 heterocycles. The lowest BCUT2D eigenvalue weighted by Gasteiger charge is -2.09. The van der Waals surface area contributed by atoms with E-state index in [1.807, 2.05) is 5.40 Å². The van der Waals surface area contributed by atoms with Crippen LogP contribution in [0, 0.1) is 17.6 Å². The van der Waals surface area contributed by atoms with Crippen LogP contribution in [0.4, 0.5) is 5.69 Å². The molecule has 19 heavy (non-hydrogen) atoms. The molecule has 0 aliphatic heterocycles. The normalized spacial score (nSPS) is 9.58. The van der Waals surface area contributed by atoms with Crippen LogP contribution >= 0.6 is 23.1 Å². The molecule has 0 radical (unpaired) electrons. The molecule has 0 aromatic carbocycles. The van der Waals surface area contributed by atoms with E-state index in [1.54, 1.807) is 13.8 Å². The van der Waals surface area contributed by atoms with Crippen molar-refractivity contribution < 1.29 is 14.3 Å². The Morgan fingerprint density at radius 1 is 1.53 bits per heavy atom. The van der Waals surface area contributed by atoms with Gasteiger partial charge in [0.15, 0.2) is 0 Å². The number of nitrogens with one attached hydrogen (secondary N) is 2. The number of nitriles is 1. The number of anilines is 1. The van der Waals surface area contributed by atoms with Gasteiger partial charge in [-0.3, -0.25) is 15.6 Å². The zero-order chi connectivity index (χ0) is 14.4. The average Bonchev–Trinajstić information content (AvgIpc) is 2.63. The molecule has 6 nitrogen and oxygen atoms in total. The predicted molar refractivity (Wildman–Crippen MR) is 73.9 cm³/mol. The summed E-state index contributed by atoms with van der Waals surface area (Å²) in [5.74, 6) is -0.777. The second-order valence-corrected chi connectivity index (χ2v) is 5.69. The lowest BCUT2D eigenvalue weighted by molar-refractivity contribution is -0.118. The zero-order valence-electron chi connectivity index (χ0n) is 10.7. The highest BCUT2D eigenvalue weighted by molar-refractivity contribution is 8.05. The monoisotopic (exact) mass is 299 g/mol. The first-order valence-electron chi connectivity index (χ1n) is 5.40. The van der Waals surface area contributed by atoms with Gasteiger partial charge >= 0.3 is 5.97 Å². The number of thioether (sulfide) groups is 1. The van der Waals surface area contributed by atoms with E-state index in [2.05, 4.69) is 10.9 Å². The van der Waals surface area contributed by atoms with Crippen molar-refractivity contribution in [1.29, 1.82) is 5.26 Å². The first kappa shape index (κ1) is 15.3. The molecule has 8 heteroatoms. The van der Waals surface area contributed by atoms with E-state index in [0.29, 0.717) is 15.5 Å². The Bertz CT molecular complexity index is 534. The van der Waals surface area contributed by atoms with Crippen LogP contribution < -0.4 is 10.9 Å². The zero-order valence-corrected chi connectivity index (χ0v) is 12.3. The van der Waals surface area contributed by atoms with Crippen LogP contribution in [0.2, 0.25) is 0 Å². The second kappa shape index (κ2) is 7.01. The summed E-state index contributed by atoms with van der Waals surface area (Å²) >= 11 is 2.22. The summed E-state index contributed by atoms with van der Waals surface area (Å²) < 4.78 is 5.58. The predicted octanol–water partition coefficient (Wildman–Crippen LogP) is 2.27. The van der Waals surface area contributed by atoms with Crippen LogP contribution in [0.3, 0.4) is 0 Å². The van der Waals surface area contributed by atoms with E-state index < -0.39 is 5.97 Å². The van der Waals surface area contributed by atoms with Crippen LogP contribution in [0.5, 0.6) is 0 Å². The van der Waals surface area contributed by atoms with Crippen molar-refractivity contribution in [2.75, 3.05) is 12.0 Å². The van der Waals surface area contributed by atoms with Crippen molar-refractivity contribution in [2.24, 2.45) is 0 Å². The molecule has 0 aliphatic carbocycles. The first-order chi connectivity index (χ1) is 9.01. The van der Waals surface area contributed by atoms with Crippen molar-refractivity contribution in [1.82, 2.24) is 5.43 Å². The van der Waals surface area contributed by atoms with E-state index in [0.717, 1.165) is 16.6 Å². The Balaban J connectivity index is 3.15. The van der Waals surface area contributed by atoms with Crippen molar-refractivity contribution in [3.63, 3.8) is 0 Å². The summed E-state index contributed by atoms with van der Waals surface area (Å²) in [7, 11) is 0. The number of rotatable bonds is 5. The number of hydrogen-bond acceptors (Lipinski definition) is 7. The number of hydrogen-bond donors (Lipinski definition) is 2. The standard InChI is InChI=1S/C11H13N3O3S2/c1-4-17-10(16)8-6(2)19-11(18-5-12)9(8)14-13-7(3)15/h14H,4H2,1-3H3,(H,13,15). The van der Waals surface area contributed by atoms with Gasteiger partial charge in [0.2, 0.25) is 5.91 Å². The third-order valence-electron chi connectivity index (χ3n) is 2.03. The van der Waals surface area contributed by atoms with Gasteiger partial charge in [0.05, 0.1) is 17.9 Å². The van der Waals surface area contributed by atoms with Gasteiger partial charge in [0, 0.05) is 23.6 Å². The fraction of sp³-hybridized carbons (Fsp3) is 0.364. The van der Waals surface area contributed by atoms with Gasteiger partial charge in [0.25, 0.3) is 0 Å². The molecule has 1 aromatic heterocycles. The highest BCUT2D eigenvalue weighted by atomic mass is 32.2. The average molecular weight is 299 g/mol. The maximum Gasteiger partial charge on any atom is 0.341 e. The van der Waals surface area contributed by atoms with Gasteiger partial charge in [-0.1, -0.05) is 0 Å². The maximum atomic E-state index is 11.9. The van der Waals surface area contributed by atoms with Gasteiger partial charge in [-0.2, -0.15) is 5.26 Å². The number of nitrogens with zero attached hydrogens (tertiary/aromatic N) is 1. The molecule has 0 saturated carbocycles. The minimum Gasteiger partial charge on any atom is -0.462 e. The van der Waals surface area contributed by atoms with Crippen LogP contribution in [0.1, 0.15) is 29.1 Å². The van der Waals surface area contributed by atoms with Crippen molar-refractivity contribution >= 4 is 40.7 Å². The number of aryl methyl sites for hydroxylation is 1. The molecule has 2 N–H and O–H groups in total. The van der Waals surface area contributed by atoms with Crippen LogP contribution in [0.25, 0.3) is 0 Å². The molecule has 0 aliphatic rings. The summed E-state index contributed by atoms with van der Waals surface area (Å²) in [4.78, 5) is 23.6. The molecule has 1 amide bonds. The minimum atomic E-state index is -0.478. The molecule has 0 bridgehead atoms. The lowest BCUT2D eigenvalue weighted by atomic mass is 10.2. The molecule has 0 fully saturated rings. The van der Waals surface area contributed by atoms with Crippen LogP contribution in [0.15, 0.2) is 4.21 Å². The van der Waals surface area contributed by atoms with E-state index >= 15 is 0 Å². The number of esters is 1. The van der Waals surface area contributed by atoms with Gasteiger partial charge in [-0.15, -0.1) is 11.3 Å². The lowest BCUT2D eigenvalue weighted by Crippen LogP contribution is -2.27. The molecule has 1 aromatic rings. The summed E-state index contributed by atoms with van der Waals surface area (Å²) in [6, 6.07) is 0. The van der Waals surface area contributed by atoms with Crippen molar-refractivity contribution in [2.45, 2.75) is 25.0 Å². The molecular formula is C11H13N3O3S2. The highest BCUT2D eigenvalue weighted by Crippen LogP contribution is 2.39. The molecule has 0 saturated heterocycles. The minimum absolute atomic E-state index is 0.258. The number of hydrazine groups is 1. The van der Waals surface area contributed by atoms with E-state index in [9.17, 15) is 9.59 Å². The van der Waals surface area contributed by atoms with Crippen molar-refractivity contribution in [3.05, 3.63) is 10.4 Å². The fourth-order valence-corrected chi connectivity index (χ4v) is 3.16. The Kier molecular flexibility index (Phi) is 5.66. The van der Waals surface area contributed by atoms with Crippen molar-refractivity contribution in [3.8, 4) is 5.40 Å². The second-order valence-electron chi connectivity index (χ2n) is 3.42. The number of ether oxygens (including phenoxy) is 1. The number of amides is 1. The molecule has 0 atom stereocenters. The van der Waals surface area contributed by atoms with Gasteiger partial charge in [-0.05, 0) is 13.8 Å². The highest BCUT2D eigenvalue weighted by Gasteiger charge is 2.23. The molecular weight excluding hydrogens is 286 g/mol. The Labute approximate surface area is 119 Å². The number of carbonyl (C=O) groups excluding carboxylic acids is 2. The molecule has 0 unspecified atom stereocenters. The summed E-state index contributed by atoms with van der Waals surface area (Å²) in [6.07, 6.45) is 0. The van der Waals surface area contributed by atoms with Gasteiger partial charge in [0.1, 0.15) is 9.61 Å². The summed E-state index contributed by atoms with van der Waals surface area (Å²) in [5.41, 5.74) is 5.81. The third kappa shape index (κ3) is 3.87. The largest absolute Gasteiger partial charge is 0.462 e. The number of carbonyl (C=O) groups is 2. The van der Waals surface area contributed by atoms with Gasteiger partial charge < -0.3 is 4.74 Å². The van der Waals surface area contributed by atoms with E-state index in [-0.39, 0.29) is 12.5 Å². The quantitative estimate of drug-likeness (QED) is 0.375. The summed E-state index contributed by atoms with van der Waals surface area (Å²) in [6.45, 7) is 5.07. The fourth-order valence-electron chi connectivity index (χ4n) is 1.35. The summed E-state index contributed by atoms with van der Waals surface area (Å²) in [5, 5.41) is 10.7. The maximum absolute atomic E-state index is 11.9. The Hall–Kier alpha value is -1.72. The van der Waals surface area contributed by atoms with Crippen LogP contribution in [-0.4, -0.2) is 18.5 Å². The van der Waals surface area contributed by atoms with E-state index in [4.69, 9.17) is 10.00 Å². The molecule has 0 spiro atoms. The Morgan fingerprint density at radius 3 is 2.74 bits per heavy atom. The third-order valence-corrected chi connectivity index (χ3v) is 3.91. The van der Waals surface area contributed by atoms with E-state index in [1.165, 1.54) is 18.3 Å². The molecule has 102 valence electrons. The smallest absolute Gasteiger partial charge is 0.341 e. The van der Waals surface area contributed by atoms with Crippen LogP contribution in [-0.2, 0) is 9.53 Å². The van der Waals surface area contributed by atoms with Gasteiger partial charge in [-0.25, -0.2) is 4.79 Å². The number of thiophene rings is 1. The molecule has 1 rings (SSSR count). The number of thiocyanates is 1. The topological polar surface area (TPSA) is 91.2 Å². The first-order valence-corrected chi connectivity index (χ1v) is 7.03. The SMILES string of the molecule is CCOC(=O)c1c(C)sc(SC#N)c1NNC(C)=O.